The van der Waals surface area contributed by atoms with Crippen LogP contribution < -0.4 is 9.64 Å². The molecule has 0 spiro atoms. The van der Waals surface area contributed by atoms with E-state index in [1.165, 1.54) is 11.1 Å². The van der Waals surface area contributed by atoms with Crippen molar-refractivity contribution in [3.05, 3.63) is 89.7 Å². The monoisotopic (exact) mass is 434 g/mol. The van der Waals surface area contributed by atoms with Crippen molar-refractivity contribution in [2.45, 2.75) is 6.92 Å². The Morgan fingerprint density at radius 2 is 1.58 bits per heavy atom. The lowest BCUT2D eigenvalue weighted by atomic mass is 10.1. The summed E-state index contributed by atoms with van der Waals surface area (Å²) in [5.41, 5.74) is 2.98. The highest BCUT2D eigenvalue weighted by Crippen LogP contribution is 2.37. The highest BCUT2D eigenvalue weighted by atomic mass is 16.5. The summed E-state index contributed by atoms with van der Waals surface area (Å²) in [4.78, 5) is 32.9. The molecule has 6 rings (SSSR count). The molecule has 0 fully saturated rings. The number of hydrogen-bond acceptors (Lipinski definition) is 5. The normalized spacial score (nSPS) is 13.2. The van der Waals surface area contributed by atoms with E-state index >= 15 is 0 Å². The molecule has 1 aliphatic heterocycles. The summed E-state index contributed by atoms with van der Waals surface area (Å²) in [6, 6.07) is 20.7. The van der Waals surface area contributed by atoms with Gasteiger partial charge in [0, 0.05) is 11.6 Å². The number of carbonyl (C=O) groups is 2. The molecular formula is C26H18N4O3. The standard InChI is InChI=1S/C26H18N4O3/c1-15-22-23-18(14-27-24(22)30(28-15)20-11-5-6-13-21(20)33-2)25(31)29(26(23)32)19-12-7-9-16-8-3-4-10-17(16)19/h3-14H,1-2H3. The molecule has 2 aromatic heterocycles. The smallest absolute Gasteiger partial charge is 0.267 e. The van der Waals surface area contributed by atoms with E-state index in [1.807, 2.05) is 67.6 Å². The van der Waals surface area contributed by atoms with Gasteiger partial charge < -0.3 is 4.74 Å². The van der Waals surface area contributed by atoms with Gasteiger partial charge in [-0.15, -0.1) is 0 Å². The van der Waals surface area contributed by atoms with Crippen LogP contribution >= 0.6 is 0 Å². The lowest BCUT2D eigenvalue weighted by Gasteiger charge is -2.16. The van der Waals surface area contributed by atoms with Crippen LogP contribution in [0.15, 0.2) is 72.9 Å². The molecule has 0 radical (unpaired) electrons. The minimum absolute atomic E-state index is 0.281. The predicted octanol–water partition coefficient (Wildman–Crippen LogP) is 4.69. The van der Waals surface area contributed by atoms with Crippen LogP contribution in [0.1, 0.15) is 26.4 Å². The van der Waals surface area contributed by atoms with E-state index in [4.69, 9.17) is 4.74 Å². The molecule has 0 unspecified atom stereocenters. The summed E-state index contributed by atoms with van der Waals surface area (Å²) in [7, 11) is 1.59. The van der Waals surface area contributed by atoms with Crippen molar-refractivity contribution in [1.82, 2.24) is 14.8 Å². The van der Waals surface area contributed by atoms with Gasteiger partial charge in [-0.2, -0.15) is 5.10 Å². The molecule has 0 N–H and O–H groups in total. The Morgan fingerprint density at radius 1 is 0.848 bits per heavy atom. The Bertz CT molecular complexity index is 1610. The number of rotatable bonds is 3. The fourth-order valence-corrected chi connectivity index (χ4v) is 4.56. The maximum absolute atomic E-state index is 13.7. The maximum Gasteiger partial charge on any atom is 0.267 e. The second-order valence-corrected chi connectivity index (χ2v) is 7.86. The van der Waals surface area contributed by atoms with Gasteiger partial charge in [-0.1, -0.05) is 48.5 Å². The summed E-state index contributed by atoms with van der Waals surface area (Å²) in [6.45, 7) is 1.81. The van der Waals surface area contributed by atoms with E-state index in [9.17, 15) is 9.59 Å². The first-order valence-electron chi connectivity index (χ1n) is 10.5. The Hall–Kier alpha value is -4.52. The second kappa shape index (κ2) is 7.00. The summed E-state index contributed by atoms with van der Waals surface area (Å²) in [5, 5.41) is 7.00. The maximum atomic E-state index is 13.7. The van der Waals surface area contributed by atoms with Crippen LogP contribution in [0.5, 0.6) is 5.75 Å². The van der Waals surface area contributed by atoms with Gasteiger partial charge in [-0.25, -0.2) is 14.6 Å². The Labute approximate surface area is 188 Å². The Kier molecular flexibility index (Phi) is 4.07. The third-order valence-electron chi connectivity index (χ3n) is 6.04. The predicted molar refractivity (Wildman–Crippen MR) is 125 cm³/mol. The molecule has 7 heteroatoms. The summed E-state index contributed by atoms with van der Waals surface area (Å²) < 4.78 is 7.14. The first-order chi connectivity index (χ1) is 16.1. The zero-order valence-electron chi connectivity index (χ0n) is 17.9. The lowest BCUT2D eigenvalue weighted by Crippen LogP contribution is -2.29. The molecular weight excluding hydrogens is 416 g/mol. The molecule has 0 bridgehead atoms. The van der Waals surface area contributed by atoms with E-state index in [1.54, 1.807) is 17.9 Å². The number of fused-ring (bicyclic) bond motifs is 4. The highest BCUT2D eigenvalue weighted by Gasteiger charge is 2.40. The van der Waals surface area contributed by atoms with Crippen LogP contribution in [-0.2, 0) is 0 Å². The van der Waals surface area contributed by atoms with Crippen molar-refractivity contribution in [2.75, 3.05) is 12.0 Å². The zero-order chi connectivity index (χ0) is 22.7. The van der Waals surface area contributed by atoms with Crippen LogP contribution in [0.3, 0.4) is 0 Å². The second-order valence-electron chi connectivity index (χ2n) is 7.86. The van der Waals surface area contributed by atoms with Gasteiger partial charge in [0.15, 0.2) is 5.65 Å². The molecule has 5 aromatic rings. The molecule has 7 nitrogen and oxygen atoms in total. The number of ether oxygens (including phenoxy) is 1. The number of benzene rings is 3. The number of imide groups is 1. The van der Waals surface area contributed by atoms with Crippen molar-refractivity contribution in [3.63, 3.8) is 0 Å². The van der Waals surface area contributed by atoms with Gasteiger partial charge in [-0.05, 0) is 30.5 Å². The average Bonchev–Trinajstić information content (AvgIpc) is 3.32. The molecule has 3 aromatic carbocycles. The van der Waals surface area contributed by atoms with Gasteiger partial charge in [0.1, 0.15) is 11.4 Å². The number of hydrogen-bond donors (Lipinski definition) is 0. The van der Waals surface area contributed by atoms with Crippen molar-refractivity contribution in [1.29, 1.82) is 0 Å². The number of amides is 2. The minimum Gasteiger partial charge on any atom is -0.494 e. The largest absolute Gasteiger partial charge is 0.494 e. The summed E-state index contributed by atoms with van der Waals surface area (Å²) in [6.07, 6.45) is 1.47. The number of aryl methyl sites for hydroxylation is 1. The van der Waals surface area contributed by atoms with E-state index < -0.39 is 0 Å². The average molecular weight is 434 g/mol. The van der Waals surface area contributed by atoms with Crippen LogP contribution in [-0.4, -0.2) is 33.7 Å². The molecule has 2 amide bonds. The number of anilines is 1. The molecule has 0 atom stereocenters. The third kappa shape index (κ3) is 2.62. The van der Waals surface area contributed by atoms with Crippen molar-refractivity contribution >= 4 is 39.3 Å². The fourth-order valence-electron chi connectivity index (χ4n) is 4.56. The number of para-hydroxylation sites is 2. The Morgan fingerprint density at radius 3 is 2.42 bits per heavy atom. The van der Waals surface area contributed by atoms with Crippen molar-refractivity contribution < 1.29 is 14.3 Å². The third-order valence-corrected chi connectivity index (χ3v) is 6.04. The quantitative estimate of drug-likeness (QED) is 0.385. The topological polar surface area (TPSA) is 77.3 Å². The Balaban J connectivity index is 1.58. The first kappa shape index (κ1) is 19.2. The van der Waals surface area contributed by atoms with E-state index in [-0.39, 0.29) is 17.4 Å². The summed E-state index contributed by atoms with van der Waals surface area (Å²) in [5.74, 6) is -0.129. The molecule has 160 valence electrons. The number of methoxy groups -OCH3 is 1. The van der Waals surface area contributed by atoms with Gasteiger partial charge >= 0.3 is 0 Å². The van der Waals surface area contributed by atoms with Crippen LogP contribution in [0.2, 0.25) is 0 Å². The van der Waals surface area contributed by atoms with Crippen LogP contribution in [0.25, 0.3) is 27.5 Å². The molecule has 3 heterocycles. The van der Waals surface area contributed by atoms with Gasteiger partial charge in [0.25, 0.3) is 11.8 Å². The van der Waals surface area contributed by atoms with Crippen molar-refractivity contribution in [2.24, 2.45) is 0 Å². The van der Waals surface area contributed by atoms with Crippen LogP contribution in [0.4, 0.5) is 5.69 Å². The number of aromatic nitrogens is 3. The molecule has 0 saturated heterocycles. The summed E-state index contributed by atoms with van der Waals surface area (Å²) >= 11 is 0. The van der Waals surface area contributed by atoms with E-state index in [0.717, 1.165) is 10.8 Å². The molecule has 0 saturated carbocycles. The molecule has 33 heavy (non-hydrogen) atoms. The van der Waals surface area contributed by atoms with Gasteiger partial charge in [-0.3, -0.25) is 9.59 Å². The lowest BCUT2D eigenvalue weighted by molar-refractivity contribution is 0.0927. The highest BCUT2D eigenvalue weighted by molar-refractivity contribution is 6.38. The first-order valence-corrected chi connectivity index (χ1v) is 10.5. The fraction of sp³-hybridized carbons (Fsp3) is 0.0769. The minimum atomic E-state index is -0.384. The van der Waals surface area contributed by atoms with Gasteiger partial charge in [0.05, 0.1) is 35.0 Å². The van der Waals surface area contributed by atoms with E-state index in [0.29, 0.717) is 39.4 Å². The molecule has 0 aliphatic carbocycles. The van der Waals surface area contributed by atoms with Gasteiger partial charge in [0.2, 0.25) is 0 Å². The SMILES string of the molecule is COc1ccccc1-n1nc(C)c2c3c(cnc21)C(=O)N(c1cccc2ccccc12)C3=O. The van der Waals surface area contributed by atoms with Crippen LogP contribution in [0, 0.1) is 6.92 Å². The van der Waals surface area contributed by atoms with Crippen molar-refractivity contribution in [3.8, 4) is 11.4 Å². The number of pyridine rings is 1. The number of nitrogens with zero attached hydrogens (tertiary/aromatic N) is 4. The zero-order valence-corrected chi connectivity index (χ0v) is 17.9. The number of carbonyl (C=O) groups excluding carboxylic acids is 2. The van der Waals surface area contributed by atoms with E-state index in [2.05, 4.69) is 10.1 Å². The molecule has 1 aliphatic rings.